The van der Waals surface area contributed by atoms with Crippen LogP contribution in [0.1, 0.15) is 12.5 Å². The lowest BCUT2D eigenvalue weighted by Gasteiger charge is -2.12. The van der Waals surface area contributed by atoms with Crippen LogP contribution in [0.25, 0.3) is 10.8 Å². The SMILES string of the molecule is C=C(C)C(=O)OCCOc1c(C)ccc2ccccc12. The molecular weight excluding hydrogens is 252 g/mol. The Balaban J connectivity index is 2.04. The standard InChI is InChI=1S/C17H18O3/c1-12(2)17(18)20-11-10-19-16-13(3)8-9-14-6-4-5-7-15(14)16/h4-9H,1,10-11H2,2-3H3. The topological polar surface area (TPSA) is 35.5 Å². The lowest BCUT2D eigenvalue weighted by molar-refractivity contribution is -0.139. The summed E-state index contributed by atoms with van der Waals surface area (Å²) in [7, 11) is 0. The van der Waals surface area contributed by atoms with Crippen LogP contribution in [0.2, 0.25) is 0 Å². The molecular formula is C17H18O3. The second-order valence-electron chi connectivity index (χ2n) is 4.70. The Morgan fingerprint density at radius 3 is 2.65 bits per heavy atom. The van der Waals surface area contributed by atoms with Crippen molar-refractivity contribution in [3.63, 3.8) is 0 Å². The van der Waals surface area contributed by atoms with Crippen LogP contribution in [-0.4, -0.2) is 19.2 Å². The van der Waals surface area contributed by atoms with E-state index in [0.717, 1.165) is 22.1 Å². The van der Waals surface area contributed by atoms with Gasteiger partial charge in [-0.25, -0.2) is 4.79 Å². The van der Waals surface area contributed by atoms with Gasteiger partial charge in [0.2, 0.25) is 0 Å². The largest absolute Gasteiger partial charge is 0.489 e. The average molecular weight is 270 g/mol. The second-order valence-corrected chi connectivity index (χ2v) is 4.70. The molecule has 0 heterocycles. The summed E-state index contributed by atoms with van der Waals surface area (Å²) in [4.78, 5) is 11.3. The smallest absolute Gasteiger partial charge is 0.333 e. The van der Waals surface area contributed by atoms with E-state index in [1.807, 2.05) is 37.3 Å². The predicted molar refractivity (Wildman–Crippen MR) is 80.0 cm³/mol. The molecule has 0 aromatic heterocycles. The summed E-state index contributed by atoms with van der Waals surface area (Å²) in [6, 6.07) is 12.1. The van der Waals surface area contributed by atoms with Crippen molar-refractivity contribution in [3.05, 3.63) is 54.1 Å². The molecule has 20 heavy (non-hydrogen) atoms. The van der Waals surface area contributed by atoms with E-state index >= 15 is 0 Å². The monoisotopic (exact) mass is 270 g/mol. The first kappa shape index (κ1) is 14.1. The fraction of sp³-hybridized carbons (Fsp3) is 0.235. The van der Waals surface area contributed by atoms with Crippen LogP contribution in [0.3, 0.4) is 0 Å². The van der Waals surface area contributed by atoms with E-state index in [2.05, 4.69) is 12.6 Å². The molecule has 0 spiro atoms. The number of hydrogen-bond acceptors (Lipinski definition) is 3. The third-order valence-corrected chi connectivity index (χ3v) is 2.99. The summed E-state index contributed by atoms with van der Waals surface area (Å²) in [5.41, 5.74) is 1.46. The second kappa shape index (κ2) is 6.24. The number of benzene rings is 2. The number of fused-ring (bicyclic) bond motifs is 1. The molecule has 0 aliphatic rings. The lowest BCUT2D eigenvalue weighted by atomic mass is 10.1. The molecule has 3 nitrogen and oxygen atoms in total. The van der Waals surface area contributed by atoms with Gasteiger partial charge in [0, 0.05) is 11.0 Å². The Kier molecular flexibility index (Phi) is 4.41. The van der Waals surface area contributed by atoms with Gasteiger partial charge in [0.15, 0.2) is 0 Å². The van der Waals surface area contributed by atoms with Gasteiger partial charge in [-0.1, -0.05) is 43.0 Å². The van der Waals surface area contributed by atoms with E-state index < -0.39 is 0 Å². The third kappa shape index (κ3) is 3.18. The van der Waals surface area contributed by atoms with Crippen LogP contribution < -0.4 is 4.74 Å². The predicted octanol–water partition coefficient (Wildman–Crippen LogP) is 3.65. The summed E-state index contributed by atoms with van der Waals surface area (Å²) >= 11 is 0. The first-order valence-corrected chi connectivity index (χ1v) is 6.53. The maximum atomic E-state index is 11.3. The van der Waals surface area contributed by atoms with Crippen LogP contribution in [-0.2, 0) is 9.53 Å². The number of hydrogen-bond donors (Lipinski definition) is 0. The van der Waals surface area contributed by atoms with Gasteiger partial charge < -0.3 is 9.47 Å². The Morgan fingerprint density at radius 1 is 1.15 bits per heavy atom. The molecule has 0 atom stereocenters. The molecule has 3 heteroatoms. The maximum absolute atomic E-state index is 11.3. The van der Waals surface area contributed by atoms with Crippen molar-refractivity contribution < 1.29 is 14.3 Å². The van der Waals surface area contributed by atoms with Crippen molar-refractivity contribution in [2.45, 2.75) is 13.8 Å². The number of rotatable bonds is 5. The van der Waals surface area contributed by atoms with Gasteiger partial charge in [-0.2, -0.15) is 0 Å². The first-order valence-electron chi connectivity index (χ1n) is 6.53. The summed E-state index contributed by atoms with van der Waals surface area (Å²) < 4.78 is 10.8. The fourth-order valence-corrected chi connectivity index (χ4v) is 1.94. The molecule has 0 fully saturated rings. The van der Waals surface area contributed by atoms with E-state index in [1.165, 1.54) is 0 Å². The Bertz CT molecular complexity index is 644. The Labute approximate surface area is 118 Å². The normalized spacial score (nSPS) is 10.3. The highest BCUT2D eigenvalue weighted by atomic mass is 16.6. The molecule has 0 saturated carbocycles. The van der Waals surface area contributed by atoms with Gasteiger partial charge in [0.25, 0.3) is 0 Å². The quantitative estimate of drug-likeness (QED) is 0.472. The van der Waals surface area contributed by atoms with Gasteiger partial charge in [-0.05, 0) is 24.8 Å². The minimum absolute atomic E-state index is 0.217. The zero-order valence-electron chi connectivity index (χ0n) is 11.8. The lowest BCUT2D eigenvalue weighted by Crippen LogP contribution is -2.12. The van der Waals surface area contributed by atoms with Crippen LogP contribution in [0, 0.1) is 6.92 Å². The van der Waals surface area contributed by atoms with Crippen LogP contribution in [0.4, 0.5) is 0 Å². The highest BCUT2D eigenvalue weighted by Crippen LogP contribution is 2.29. The van der Waals surface area contributed by atoms with Crippen LogP contribution >= 0.6 is 0 Å². The summed E-state index contributed by atoms with van der Waals surface area (Å²) in [5.74, 6) is 0.456. The summed E-state index contributed by atoms with van der Waals surface area (Å²) in [6.45, 7) is 7.70. The zero-order valence-corrected chi connectivity index (χ0v) is 11.8. The molecule has 0 aliphatic heterocycles. The summed E-state index contributed by atoms with van der Waals surface area (Å²) in [5, 5.41) is 2.20. The molecule has 2 aromatic carbocycles. The van der Waals surface area contributed by atoms with E-state index in [1.54, 1.807) is 6.92 Å². The average Bonchev–Trinajstić information content (AvgIpc) is 2.45. The van der Waals surface area contributed by atoms with E-state index in [9.17, 15) is 4.79 Å². The minimum Gasteiger partial charge on any atom is -0.489 e. The fourth-order valence-electron chi connectivity index (χ4n) is 1.94. The van der Waals surface area contributed by atoms with Crippen molar-refractivity contribution >= 4 is 16.7 Å². The van der Waals surface area contributed by atoms with Gasteiger partial charge in [-0.15, -0.1) is 0 Å². The van der Waals surface area contributed by atoms with Gasteiger partial charge in [0.05, 0.1) is 0 Å². The molecule has 104 valence electrons. The van der Waals surface area contributed by atoms with Gasteiger partial charge >= 0.3 is 5.97 Å². The third-order valence-electron chi connectivity index (χ3n) is 2.99. The number of carbonyl (C=O) groups is 1. The van der Waals surface area contributed by atoms with Crippen molar-refractivity contribution in [2.75, 3.05) is 13.2 Å². The number of carbonyl (C=O) groups excluding carboxylic acids is 1. The van der Waals surface area contributed by atoms with Crippen molar-refractivity contribution in [1.29, 1.82) is 0 Å². The maximum Gasteiger partial charge on any atom is 0.333 e. The van der Waals surface area contributed by atoms with E-state index in [4.69, 9.17) is 9.47 Å². The number of aryl methyl sites for hydroxylation is 1. The molecule has 0 saturated heterocycles. The molecule has 0 amide bonds. The highest BCUT2D eigenvalue weighted by molar-refractivity contribution is 5.89. The van der Waals surface area contributed by atoms with Crippen molar-refractivity contribution in [1.82, 2.24) is 0 Å². The highest BCUT2D eigenvalue weighted by Gasteiger charge is 2.07. The van der Waals surface area contributed by atoms with Gasteiger partial charge in [-0.3, -0.25) is 0 Å². The van der Waals surface area contributed by atoms with Crippen LogP contribution in [0.15, 0.2) is 48.6 Å². The molecule has 0 radical (unpaired) electrons. The van der Waals surface area contributed by atoms with E-state index in [-0.39, 0.29) is 12.6 Å². The molecule has 2 rings (SSSR count). The molecule has 0 unspecified atom stereocenters. The molecule has 0 bridgehead atoms. The number of ether oxygens (including phenoxy) is 2. The minimum atomic E-state index is -0.386. The zero-order chi connectivity index (χ0) is 14.5. The molecule has 2 aromatic rings. The van der Waals surface area contributed by atoms with Crippen molar-refractivity contribution in [2.24, 2.45) is 0 Å². The van der Waals surface area contributed by atoms with E-state index in [0.29, 0.717) is 12.2 Å². The number of esters is 1. The Morgan fingerprint density at radius 2 is 1.90 bits per heavy atom. The molecule has 0 N–H and O–H groups in total. The summed E-state index contributed by atoms with van der Waals surface area (Å²) in [6.07, 6.45) is 0. The first-order chi connectivity index (χ1) is 9.59. The van der Waals surface area contributed by atoms with Crippen molar-refractivity contribution in [3.8, 4) is 5.75 Å². The van der Waals surface area contributed by atoms with Gasteiger partial charge in [0.1, 0.15) is 19.0 Å². The Hall–Kier alpha value is -2.29. The van der Waals surface area contributed by atoms with Crippen LogP contribution in [0.5, 0.6) is 5.75 Å². The molecule has 0 aliphatic carbocycles.